The summed E-state index contributed by atoms with van der Waals surface area (Å²) in [6.07, 6.45) is -0.577. The van der Waals surface area contributed by atoms with Crippen LogP contribution in [0.4, 0.5) is 10.5 Å². The zero-order chi connectivity index (χ0) is 19.4. The van der Waals surface area contributed by atoms with Crippen molar-refractivity contribution in [1.82, 2.24) is 5.32 Å². The van der Waals surface area contributed by atoms with Gasteiger partial charge in [-0.3, -0.25) is 4.79 Å². The summed E-state index contributed by atoms with van der Waals surface area (Å²) in [6, 6.07) is 17.0. The van der Waals surface area contributed by atoms with Crippen LogP contribution in [0.2, 0.25) is 0 Å². The molecule has 0 saturated carbocycles. The Morgan fingerprint density at radius 1 is 1.15 bits per heavy atom. The van der Waals surface area contributed by atoms with Crippen LogP contribution in [0.5, 0.6) is 0 Å². The Bertz CT molecular complexity index is 818. The predicted octanol–water partition coefficient (Wildman–Crippen LogP) is 4.22. The second kappa shape index (κ2) is 8.05. The third-order valence-corrected chi connectivity index (χ3v) is 5.16. The van der Waals surface area contributed by atoms with E-state index in [1.54, 1.807) is 37.4 Å². The van der Waals surface area contributed by atoms with Gasteiger partial charge in [0.25, 0.3) is 5.91 Å². The number of fused-ring (bicyclic) bond motifs is 1. The van der Waals surface area contributed by atoms with Gasteiger partial charge in [-0.25, -0.2) is 4.79 Å². The SMILES string of the molecule is CC(C)(C)OC(=O)N[C@H]1CSc2ccccc2N(Cc2ccccc2)C1=O. The van der Waals surface area contributed by atoms with Gasteiger partial charge in [0.1, 0.15) is 11.6 Å². The molecule has 27 heavy (non-hydrogen) atoms. The molecule has 2 aromatic carbocycles. The monoisotopic (exact) mass is 384 g/mol. The van der Waals surface area contributed by atoms with E-state index in [2.05, 4.69) is 5.32 Å². The van der Waals surface area contributed by atoms with Crippen LogP contribution in [-0.2, 0) is 16.1 Å². The van der Waals surface area contributed by atoms with Crippen LogP contribution < -0.4 is 10.2 Å². The van der Waals surface area contributed by atoms with Gasteiger partial charge in [0.2, 0.25) is 0 Å². The van der Waals surface area contributed by atoms with Gasteiger partial charge in [0.15, 0.2) is 0 Å². The van der Waals surface area contributed by atoms with Crippen LogP contribution >= 0.6 is 11.8 Å². The first-order chi connectivity index (χ1) is 12.8. The van der Waals surface area contributed by atoms with Crippen LogP contribution in [0.15, 0.2) is 59.5 Å². The van der Waals surface area contributed by atoms with E-state index in [-0.39, 0.29) is 5.91 Å². The van der Waals surface area contributed by atoms with Crippen molar-refractivity contribution in [3.05, 3.63) is 60.2 Å². The van der Waals surface area contributed by atoms with Crippen molar-refractivity contribution in [1.29, 1.82) is 0 Å². The van der Waals surface area contributed by atoms with Crippen molar-refractivity contribution in [2.75, 3.05) is 10.7 Å². The van der Waals surface area contributed by atoms with E-state index in [1.165, 1.54) is 0 Å². The molecule has 1 N–H and O–H groups in total. The van der Waals surface area contributed by atoms with E-state index in [9.17, 15) is 9.59 Å². The lowest BCUT2D eigenvalue weighted by Crippen LogP contribution is -2.50. The lowest BCUT2D eigenvalue weighted by atomic mass is 10.1. The first-order valence-electron chi connectivity index (χ1n) is 8.90. The maximum absolute atomic E-state index is 13.3. The Morgan fingerprint density at radius 3 is 2.52 bits per heavy atom. The number of ether oxygens (including phenoxy) is 1. The van der Waals surface area contributed by atoms with Crippen molar-refractivity contribution in [2.24, 2.45) is 0 Å². The molecule has 0 radical (unpaired) electrons. The molecule has 0 unspecified atom stereocenters. The molecule has 2 aromatic rings. The number of amides is 2. The van der Waals surface area contributed by atoms with E-state index < -0.39 is 17.7 Å². The topological polar surface area (TPSA) is 58.6 Å². The second-order valence-corrected chi connectivity index (χ2v) is 8.45. The lowest BCUT2D eigenvalue weighted by Gasteiger charge is -2.27. The fourth-order valence-electron chi connectivity index (χ4n) is 2.84. The van der Waals surface area contributed by atoms with Crippen LogP contribution in [0.3, 0.4) is 0 Å². The maximum Gasteiger partial charge on any atom is 0.408 e. The summed E-state index contributed by atoms with van der Waals surface area (Å²) in [4.78, 5) is 28.2. The third-order valence-electron chi connectivity index (χ3n) is 4.00. The standard InChI is InChI=1S/C21H24N2O3S/c1-21(2,3)26-20(25)22-16-14-27-18-12-8-7-11-17(18)23(19(16)24)13-15-9-5-4-6-10-15/h4-12,16H,13-14H2,1-3H3,(H,22,25)/t16-/m0/s1. The summed E-state index contributed by atoms with van der Waals surface area (Å²) in [5.41, 5.74) is 1.28. The van der Waals surface area contributed by atoms with Crippen molar-refractivity contribution in [3.8, 4) is 0 Å². The molecule has 2 amide bonds. The number of hydrogen-bond donors (Lipinski definition) is 1. The average molecular weight is 385 g/mol. The predicted molar refractivity (Wildman–Crippen MR) is 108 cm³/mol. The molecular weight excluding hydrogens is 360 g/mol. The normalized spacial score (nSPS) is 17.1. The zero-order valence-corrected chi connectivity index (χ0v) is 16.6. The summed E-state index contributed by atoms with van der Waals surface area (Å²) < 4.78 is 5.33. The van der Waals surface area contributed by atoms with Crippen molar-refractivity contribution in [2.45, 2.75) is 43.9 Å². The molecule has 1 atom stereocenters. The molecule has 6 heteroatoms. The van der Waals surface area contributed by atoms with Crippen LogP contribution in [0.1, 0.15) is 26.3 Å². The first kappa shape index (κ1) is 19.3. The number of carbonyl (C=O) groups excluding carboxylic acids is 2. The van der Waals surface area contributed by atoms with Crippen molar-refractivity contribution in [3.63, 3.8) is 0 Å². The first-order valence-corrected chi connectivity index (χ1v) is 9.89. The van der Waals surface area contributed by atoms with Crippen LogP contribution in [-0.4, -0.2) is 29.4 Å². The third kappa shape index (κ3) is 5.04. The molecule has 0 aliphatic carbocycles. The fraction of sp³-hybridized carbons (Fsp3) is 0.333. The molecular formula is C21H24N2O3S. The molecule has 1 heterocycles. The van der Waals surface area contributed by atoms with Crippen LogP contribution in [0, 0.1) is 0 Å². The number of thioether (sulfide) groups is 1. The average Bonchev–Trinajstić information content (AvgIpc) is 2.73. The highest BCUT2D eigenvalue weighted by Crippen LogP contribution is 2.35. The number of hydrogen-bond acceptors (Lipinski definition) is 4. The molecule has 1 aliphatic heterocycles. The largest absolute Gasteiger partial charge is 0.444 e. The highest BCUT2D eigenvalue weighted by molar-refractivity contribution is 7.99. The van der Waals surface area contributed by atoms with Crippen LogP contribution in [0.25, 0.3) is 0 Å². The molecule has 0 saturated heterocycles. The van der Waals surface area contributed by atoms with E-state index >= 15 is 0 Å². The number of benzene rings is 2. The quantitative estimate of drug-likeness (QED) is 0.861. The minimum atomic E-state index is -0.652. The number of alkyl carbamates (subject to hydrolysis) is 1. The number of rotatable bonds is 3. The van der Waals surface area contributed by atoms with Gasteiger partial charge in [-0.05, 0) is 38.5 Å². The molecule has 0 fully saturated rings. The minimum Gasteiger partial charge on any atom is -0.444 e. The molecule has 0 bridgehead atoms. The van der Waals surface area contributed by atoms with Gasteiger partial charge >= 0.3 is 6.09 Å². The number of anilines is 1. The van der Waals surface area contributed by atoms with Gasteiger partial charge in [0, 0.05) is 10.6 Å². The highest BCUT2D eigenvalue weighted by Gasteiger charge is 2.32. The van der Waals surface area contributed by atoms with Gasteiger partial charge in [-0.15, -0.1) is 11.8 Å². The van der Waals surface area contributed by atoms with Gasteiger partial charge in [-0.2, -0.15) is 0 Å². The molecule has 5 nitrogen and oxygen atoms in total. The summed E-state index contributed by atoms with van der Waals surface area (Å²) in [5, 5.41) is 2.74. The van der Waals surface area contributed by atoms with Gasteiger partial charge < -0.3 is 15.0 Å². The van der Waals surface area contributed by atoms with Gasteiger partial charge in [0.05, 0.1) is 12.2 Å². The Balaban J connectivity index is 1.85. The summed E-state index contributed by atoms with van der Waals surface area (Å²) >= 11 is 1.56. The minimum absolute atomic E-state index is 0.137. The van der Waals surface area contributed by atoms with Gasteiger partial charge in [-0.1, -0.05) is 42.5 Å². The summed E-state index contributed by atoms with van der Waals surface area (Å²) in [7, 11) is 0. The zero-order valence-electron chi connectivity index (χ0n) is 15.8. The van der Waals surface area contributed by atoms with E-state index in [4.69, 9.17) is 4.74 Å². The molecule has 0 spiro atoms. The summed E-state index contributed by atoms with van der Waals surface area (Å²) in [5.74, 6) is 0.322. The Morgan fingerprint density at radius 2 is 1.81 bits per heavy atom. The molecule has 1 aliphatic rings. The summed E-state index contributed by atoms with van der Waals surface area (Å²) in [6.45, 7) is 5.85. The Hall–Kier alpha value is -2.47. The van der Waals surface area contributed by atoms with Crippen molar-refractivity contribution >= 4 is 29.4 Å². The lowest BCUT2D eigenvalue weighted by molar-refractivity contribution is -0.120. The second-order valence-electron chi connectivity index (χ2n) is 7.39. The number of carbonyl (C=O) groups is 2. The van der Waals surface area contributed by atoms with E-state index in [0.717, 1.165) is 16.1 Å². The smallest absolute Gasteiger partial charge is 0.408 e. The Labute approximate surface area is 164 Å². The molecule has 3 rings (SSSR count). The maximum atomic E-state index is 13.3. The van der Waals surface area contributed by atoms with E-state index in [0.29, 0.717) is 12.3 Å². The van der Waals surface area contributed by atoms with E-state index in [1.807, 2.05) is 54.6 Å². The molecule has 142 valence electrons. The number of nitrogens with one attached hydrogen (secondary N) is 1. The highest BCUT2D eigenvalue weighted by atomic mass is 32.2. The number of para-hydroxylation sites is 1. The molecule has 0 aromatic heterocycles. The fourth-order valence-corrected chi connectivity index (χ4v) is 3.91. The Kier molecular flexibility index (Phi) is 5.75. The number of nitrogens with zero attached hydrogens (tertiary/aromatic N) is 1. The van der Waals surface area contributed by atoms with Crippen molar-refractivity contribution < 1.29 is 14.3 Å².